The minimum Gasteiger partial charge on any atom is -0.445 e. The van der Waals surface area contributed by atoms with Gasteiger partial charge >= 0.3 is 6.09 Å². The second kappa shape index (κ2) is 8.57. The number of ether oxygens (including phenoxy) is 1. The Hall–Kier alpha value is -1.51. The van der Waals surface area contributed by atoms with Gasteiger partial charge in [-0.1, -0.05) is 51.1 Å². The lowest BCUT2D eigenvalue weighted by Crippen LogP contribution is -2.34. The lowest BCUT2D eigenvalue weighted by Gasteiger charge is -2.17. The SMILES string of the molecule is CCC(CCC(C)C)NC(=O)OCc1ccccc1. The van der Waals surface area contributed by atoms with Crippen molar-refractivity contribution in [2.24, 2.45) is 5.92 Å². The Balaban J connectivity index is 2.29. The molecule has 1 N–H and O–H groups in total. The Morgan fingerprint density at radius 1 is 1.21 bits per heavy atom. The van der Waals surface area contributed by atoms with Gasteiger partial charge in [0.15, 0.2) is 0 Å². The highest BCUT2D eigenvalue weighted by molar-refractivity contribution is 5.67. The van der Waals surface area contributed by atoms with Crippen LogP contribution in [0.3, 0.4) is 0 Å². The summed E-state index contributed by atoms with van der Waals surface area (Å²) < 4.78 is 5.22. The largest absolute Gasteiger partial charge is 0.445 e. The number of nitrogens with one attached hydrogen (secondary N) is 1. The first-order valence-electron chi connectivity index (χ1n) is 7.09. The predicted molar refractivity (Wildman–Crippen MR) is 77.9 cm³/mol. The van der Waals surface area contributed by atoms with Gasteiger partial charge in [0, 0.05) is 6.04 Å². The molecule has 0 saturated carbocycles. The van der Waals surface area contributed by atoms with Gasteiger partial charge in [-0.3, -0.25) is 0 Å². The van der Waals surface area contributed by atoms with Crippen molar-refractivity contribution in [3.63, 3.8) is 0 Å². The molecule has 1 aromatic rings. The van der Waals surface area contributed by atoms with Gasteiger partial charge in [-0.25, -0.2) is 4.79 Å². The fourth-order valence-corrected chi connectivity index (χ4v) is 1.84. The molecule has 1 rings (SSSR count). The van der Waals surface area contributed by atoms with E-state index in [-0.39, 0.29) is 12.1 Å². The predicted octanol–water partition coefficient (Wildman–Crippen LogP) is 4.13. The maximum absolute atomic E-state index is 11.7. The van der Waals surface area contributed by atoms with Crippen LogP contribution in [-0.2, 0) is 11.3 Å². The Bertz CT molecular complexity index is 362. The topological polar surface area (TPSA) is 38.3 Å². The van der Waals surface area contributed by atoms with Crippen LogP contribution in [0.1, 0.15) is 45.6 Å². The van der Waals surface area contributed by atoms with Crippen molar-refractivity contribution in [1.82, 2.24) is 5.32 Å². The van der Waals surface area contributed by atoms with E-state index in [1.807, 2.05) is 30.3 Å². The van der Waals surface area contributed by atoms with Crippen molar-refractivity contribution in [1.29, 1.82) is 0 Å². The fourth-order valence-electron chi connectivity index (χ4n) is 1.84. The molecule has 3 nitrogen and oxygen atoms in total. The summed E-state index contributed by atoms with van der Waals surface area (Å²) in [6.45, 7) is 6.80. The molecular formula is C16H25NO2. The second-order valence-corrected chi connectivity index (χ2v) is 5.28. The molecule has 0 bridgehead atoms. The van der Waals surface area contributed by atoms with Gasteiger partial charge < -0.3 is 10.1 Å². The van der Waals surface area contributed by atoms with E-state index >= 15 is 0 Å². The smallest absolute Gasteiger partial charge is 0.407 e. The van der Waals surface area contributed by atoms with E-state index in [4.69, 9.17) is 4.74 Å². The number of hydrogen-bond donors (Lipinski definition) is 1. The zero-order chi connectivity index (χ0) is 14.1. The molecule has 0 fully saturated rings. The summed E-state index contributed by atoms with van der Waals surface area (Å²) in [7, 11) is 0. The molecule has 0 heterocycles. The summed E-state index contributed by atoms with van der Waals surface area (Å²) >= 11 is 0. The van der Waals surface area contributed by atoms with E-state index in [9.17, 15) is 4.79 Å². The molecule has 0 spiro atoms. The van der Waals surface area contributed by atoms with Gasteiger partial charge in [0.05, 0.1) is 0 Å². The first kappa shape index (κ1) is 15.5. The van der Waals surface area contributed by atoms with Crippen LogP contribution in [-0.4, -0.2) is 12.1 Å². The molecule has 1 aromatic carbocycles. The highest BCUT2D eigenvalue weighted by Gasteiger charge is 2.11. The summed E-state index contributed by atoms with van der Waals surface area (Å²) in [5, 5.41) is 2.93. The maximum Gasteiger partial charge on any atom is 0.407 e. The third-order valence-electron chi connectivity index (χ3n) is 3.12. The first-order chi connectivity index (χ1) is 9.11. The summed E-state index contributed by atoms with van der Waals surface area (Å²) in [6.07, 6.45) is 2.75. The normalized spacial score (nSPS) is 12.2. The Labute approximate surface area is 116 Å². The van der Waals surface area contributed by atoms with E-state index < -0.39 is 0 Å². The van der Waals surface area contributed by atoms with Gasteiger partial charge in [-0.15, -0.1) is 0 Å². The lowest BCUT2D eigenvalue weighted by molar-refractivity contribution is 0.134. The van der Waals surface area contributed by atoms with Crippen LogP contribution in [0, 0.1) is 5.92 Å². The van der Waals surface area contributed by atoms with Crippen LogP contribution in [0.4, 0.5) is 4.79 Å². The molecule has 19 heavy (non-hydrogen) atoms. The van der Waals surface area contributed by atoms with Crippen molar-refractivity contribution in [3.05, 3.63) is 35.9 Å². The third kappa shape index (κ3) is 6.85. The number of alkyl carbamates (subject to hydrolysis) is 1. The fraction of sp³-hybridized carbons (Fsp3) is 0.562. The van der Waals surface area contributed by atoms with Crippen LogP contribution in [0.5, 0.6) is 0 Å². The molecule has 1 amide bonds. The van der Waals surface area contributed by atoms with Gasteiger partial charge in [-0.05, 0) is 30.7 Å². The number of rotatable bonds is 7. The van der Waals surface area contributed by atoms with Crippen molar-refractivity contribution in [2.45, 2.75) is 52.7 Å². The van der Waals surface area contributed by atoms with E-state index in [1.54, 1.807) is 0 Å². The lowest BCUT2D eigenvalue weighted by atomic mass is 10.0. The first-order valence-corrected chi connectivity index (χ1v) is 7.09. The Kier molecular flexibility index (Phi) is 7.01. The maximum atomic E-state index is 11.7. The Morgan fingerprint density at radius 2 is 1.89 bits per heavy atom. The molecule has 0 saturated heterocycles. The highest BCUT2D eigenvalue weighted by Crippen LogP contribution is 2.09. The van der Waals surface area contributed by atoms with Crippen LogP contribution in [0.25, 0.3) is 0 Å². The minimum atomic E-state index is -0.320. The zero-order valence-electron chi connectivity index (χ0n) is 12.2. The molecular weight excluding hydrogens is 238 g/mol. The van der Waals surface area contributed by atoms with E-state index in [2.05, 4.69) is 26.1 Å². The summed E-state index contributed by atoms with van der Waals surface area (Å²) in [4.78, 5) is 11.7. The second-order valence-electron chi connectivity index (χ2n) is 5.28. The molecule has 0 aliphatic carbocycles. The molecule has 106 valence electrons. The third-order valence-corrected chi connectivity index (χ3v) is 3.12. The minimum absolute atomic E-state index is 0.214. The van der Waals surface area contributed by atoms with Crippen molar-refractivity contribution in [3.8, 4) is 0 Å². The average Bonchev–Trinajstić information content (AvgIpc) is 2.42. The number of hydrogen-bond acceptors (Lipinski definition) is 2. The standard InChI is InChI=1S/C16H25NO2/c1-4-15(11-10-13(2)3)17-16(18)19-12-14-8-6-5-7-9-14/h5-9,13,15H,4,10-12H2,1-3H3,(H,17,18). The number of carbonyl (C=O) groups excluding carboxylic acids is 1. The van der Waals surface area contributed by atoms with E-state index in [0.29, 0.717) is 12.5 Å². The van der Waals surface area contributed by atoms with Crippen molar-refractivity contribution >= 4 is 6.09 Å². The number of carbonyl (C=O) groups is 1. The zero-order valence-corrected chi connectivity index (χ0v) is 12.2. The van der Waals surface area contributed by atoms with Gasteiger partial charge in [0.25, 0.3) is 0 Å². The molecule has 0 radical (unpaired) electrons. The number of benzene rings is 1. The van der Waals surface area contributed by atoms with Gasteiger partial charge in [0.1, 0.15) is 6.61 Å². The highest BCUT2D eigenvalue weighted by atomic mass is 16.5. The van der Waals surface area contributed by atoms with Crippen LogP contribution in [0.15, 0.2) is 30.3 Å². The molecule has 0 aliphatic rings. The van der Waals surface area contributed by atoms with E-state index in [1.165, 1.54) is 0 Å². The molecule has 0 aliphatic heterocycles. The van der Waals surface area contributed by atoms with Crippen LogP contribution >= 0.6 is 0 Å². The van der Waals surface area contributed by atoms with Gasteiger partial charge in [-0.2, -0.15) is 0 Å². The van der Waals surface area contributed by atoms with Crippen molar-refractivity contribution in [2.75, 3.05) is 0 Å². The molecule has 0 aromatic heterocycles. The quantitative estimate of drug-likeness (QED) is 0.803. The van der Waals surface area contributed by atoms with Crippen molar-refractivity contribution < 1.29 is 9.53 Å². The van der Waals surface area contributed by atoms with E-state index in [0.717, 1.165) is 24.8 Å². The molecule has 1 unspecified atom stereocenters. The summed E-state index contributed by atoms with van der Waals surface area (Å²) in [5.41, 5.74) is 1.01. The summed E-state index contributed by atoms with van der Waals surface area (Å²) in [5.74, 6) is 0.663. The molecule has 1 atom stereocenters. The summed E-state index contributed by atoms with van der Waals surface area (Å²) in [6, 6.07) is 9.93. The van der Waals surface area contributed by atoms with Gasteiger partial charge in [0.2, 0.25) is 0 Å². The number of amides is 1. The average molecular weight is 263 g/mol. The van der Waals surface area contributed by atoms with Crippen LogP contribution in [0.2, 0.25) is 0 Å². The molecule has 3 heteroatoms. The monoisotopic (exact) mass is 263 g/mol. The van der Waals surface area contributed by atoms with Crippen LogP contribution < -0.4 is 5.32 Å². The Morgan fingerprint density at radius 3 is 2.47 bits per heavy atom.